The Bertz CT molecular complexity index is 4410. The molecule has 15 aliphatic heterocycles. The summed E-state index contributed by atoms with van der Waals surface area (Å²) in [5.41, 5.74) is 11.4. The molecule has 28 atom stereocenters. The molecule has 0 N–H and O–H groups in total. The Kier molecular flexibility index (Phi) is 17.0. The average molecular weight is 1450 g/mol. The number of ketones is 4. The molecule has 7 saturated heterocycles. The van der Waals surface area contributed by atoms with Gasteiger partial charge in [0.2, 0.25) is 35.4 Å². The van der Waals surface area contributed by atoms with E-state index in [0.717, 1.165) is 53.1 Å². The first-order chi connectivity index (χ1) is 52.3. The zero-order valence-electron chi connectivity index (χ0n) is 60.1. The predicted molar refractivity (Wildman–Crippen MR) is 390 cm³/mol. The molecular formula is C89H83N3O16. The Hall–Kier alpha value is -9.60. The van der Waals surface area contributed by atoms with Crippen LogP contribution in [0.15, 0.2) is 212 Å². The van der Waals surface area contributed by atoms with Crippen molar-refractivity contribution in [3.05, 3.63) is 250 Å². The number of allylic oxidation sites excluding steroid dienone is 12. The molecule has 24 aliphatic rings. The molecule has 19 heteroatoms. The van der Waals surface area contributed by atoms with Crippen LogP contribution in [0.25, 0.3) is 0 Å². The summed E-state index contributed by atoms with van der Waals surface area (Å²) in [6.07, 6.45) is 50.0. The van der Waals surface area contributed by atoms with Crippen molar-refractivity contribution in [2.45, 2.75) is 124 Å². The number of aryl methyl sites for hydroxylation is 1. The number of imide groups is 3. The van der Waals surface area contributed by atoms with Crippen LogP contribution >= 0.6 is 0 Å². The van der Waals surface area contributed by atoms with Gasteiger partial charge in [-0.15, -0.1) is 0 Å². The fourth-order valence-electron chi connectivity index (χ4n) is 21.5. The number of nitrogens with zero attached hydrogens (tertiary/aromatic N) is 3. The maximum absolute atomic E-state index is 11.6. The lowest BCUT2D eigenvalue weighted by Gasteiger charge is -2.18. The lowest BCUT2D eigenvalue weighted by molar-refractivity contribution is -0.142. The number of fused-ring (bicyclic) bond motifs is 44. The monoisotopic (exact) mass is 1450 g/mol. The van der Waals surface area contributed by atoms with Crippen LogP contribution in [0.5, 0.6) is 0 Å². The third-order valence-corrected chi connectivity index (χ3v) is 26.7. The molecule has 6 amide bonds. The minimum Gasteiger partial charge on any atom is -0.365 e. The highest BCUT2D eigenvalue weighted by Gasteiger charge is 2.63. The van der Waals surface area contributed by atoms with E-state index in [4.69, 9.17) is 28.4 Å². The fraction of sp³-hybridized carbons (Fsp3) is 0.416. The third kappa shape index (κ3) is 11.1. The number of benzene rings is 3. The number of carbonyl (C=O) groups is 10. The fourth-order valence-corrected chi connectivity index (χ4v) is 21.5. The summed E-state index contributed by atoms with van der Waals surface area (Å²) in [6, 6.07) is 23.8. The van der Waals surface area contributed by atoms with Gasteiger partial charge in [0, 0.05) is 56.0 Å². The normalized spacial score (nSPS) is 41.0. The molecule has 2 saturated carbocycles. The van der Waals surface area contributed by atoms with Crippen LogP contribution in [0.4, 0.5) is 0 Å². The summed E-state index contributed by atoms with van der Waals surface area (Å²) in [5.74, 6) is 3.68. The lowest BCUT2D eigenvalue weighted by Crippen LogP contribution is -2.30. The summed E-state index contributed by atoms with van der Waals surface area (Å²) < 4.78 is 33.1. The van der Waals surface area contributed by atoms with Gasteiger partial charge in [-0.1, -0.05) is 194 Å². The Morgan fingerprint density at radius 2 is 0.667 bits per heavy atom. The molecule has 108 heavy (non-hydrogen) atoms. The number of hydrogen-bond donors (Lipinski definition) is 0. The van der Waals surface area contributed by atoms with E-state index in [-0.39, 0.29) is 197 Å². The van der Waals surface area contributed by atoms with Crippen molar-refractivity contribution in [3.63, 3.8) is 0 Å². The van der Waals surface area contributed by atoms with E-state index < -0.39 is 0 Å². The first kappa shape index (κ1) is 68.9. The van der Waals surface area contributed by atoms with Crippen molar-refractivity contribution in [1.29, 1.82) is 0 Å². The quantitative estimate of drug-likeness (QED) is 0.0881. The highest BCUT2D eigenvalue weighted by Crippen LogP contribution is 2.55. The summed E-state index contributed by atoms with van der Waals surface area (Å²) in [7, 11) is 4.63. The van der Waals surface area contributed by atoms with Gasteiger partial charge >= 0.3 is 0 Å². The largest absolute Gasteiger partial charge is 0.365 e. The number of ether oxygens (including phenoxy) is 6. The molecule has 27 rings (SSSR count). The Balaban J connectivity index is 0.0000000828. The molecular weight excluding hydrogens is 1370 g/mol. The number of carbonyl (C=O) groups excluding carboxylic acids is 10. The number of likely N-dealkylation sites (tertiary alicyclic amines) is 3. The summed E-state index contributed by atoms with van der Waals surface area (Å²) in [5, 5.41) is 0. The Morgan fingerprint density at radius 1 is 0.324 bits per heavy atom. The molecule has 0 radical (unpaired) electrons. The van der Waals surface area contributed by atoms with Crippen LogP contribution in [0, 0.1) is 89.8 Å². The molecule has 9 aliphatic carbocycles. The topological polar surface area (TPSA) is 236 Å². The van der Waals surface area contributed by atoms with Gasteiger partial charge in [-0.05, 0) is 102 Å². The zero-order chi connectivity index (χ0) is 74.0. The average Bonchev–Trinajstić information content (AvgIpc) is 1.57. The highest BCUT2D eigenvalue weighted by molar-refractivity contribution is 6.22. The van der Waals surface area contributed by atoms with E-state index in [1.807, 2.05) is 60.8 Å². The Labute approximate surface area is 625 Å². The van der Waals surface area contributed by atoms with Gasteiger partial charge in [-0.25, -0.2) is 0 Å². The molecule has 28 unspecified atom stereocenters. The SMILES string of the molecule is C1=CC2C3C=CC(C3)C2C1.C1=CC2CC1c1ccccc12.C1=CC2OC1c1ccccc12.CN1C(=O)C2C3C=CC(O3)C2C1=O.CN1C(=O)C2C3C=CC(O3)C2C1=O.CN1C(=O)C2C3C=CC(O3)C2C1=O.Cc1ccc2c(c1)C1C=CC2O1.O=C1C=CC(=O)C2=C1C1C=CC2C1.O=C1CC(=O)C2C3C=CC(O3)C12. The van der Waals surface area contributed by atoms with E-state index >= 15 is 0 Å². The molecule has 19 nitrogen and oxygen atoms in total. The maximum atomic E-state index is 11.6. The number of amides is 6. The minimum absolute atomic E-state index is 0.0338. The van der Waals surface area contributed by atoms with Crippen molar-refractivity contribution in [2.24, 2.45) is 82.9 Å². The number of Topliss-reactive ketones (excluding diaryl/α,β-unsaturated/α-hetero) is 2. The van der Waals surface area contributed by atoms with Crippen LogP contribution in [-0.4, -0.2) is 143 Å². The highest BCUT2D eigenvalue weighted by atomic mass is 16.5. The van der Waals surface area contributed by atoms with Crippen LogP contribution in [0.1, 0.15) is 107 Å². The second-order valence-electron chi connectivity index (χ2n) is 32.3. The van der Waals surface area contributed by atoms with Gasteiger partial charge in [0.1, 0.15) is 36.0 Å². The summed E-state index contributed by atoms with van der Waals surface area (Å²) in [4.78, 5) is 119. The van der Waals surface area contributed by atoms with E-state index in [1.165, 1.54) is 73.9 Å². The second-order valence-corrected chi connectivity index (χ2v) is 32.3. The molecule has 3 aromatic rings. The van der Waals surface area contributed by atoms with Gasteiger partial charge in [-0.3, -0.25) is 62.6 Å². The van der Waals surface area contributed by atoms with E-state index in [9.17, 15) is 47.9 Å². The van der Waals surface area contributed by atoms with E-state index in [0.29, 0.717) is 0 Å². The molecule has 3 aromatic carbocycles. The number of hydrogen-bond acceptors (Lipinski definition) is 16. The van der Waals surface area contributed by atoms with Crippen molar-refractivity contribution >= 4 is 58.6 Å². The van der Waals surface area contributed by atoms with Crippen LogP contribution < -0.4 is 0 Å². The van der Waals surface area contributed by atoms with Crippen molar-refractivity contribution in [1.82, 2.24) is 14.7 Å². The first-order valence-electron chi connectivity index (χ1n) is 38.4. The van der Waals surface area contributed by atoms with Gasteiger partial charge in [0.25, 0.3) is 0 Å². The smallest absolute Gasteiger partial charge is 0.235 e. The molecule has 15 heterocycles. The van der Waals surface area contributed by atoms with Gasteiger partial charge in [0.15, 0.2) is 11.6 Å². The van der Waals surface area contributed by atoms with Crippen molar-refractivity contribution in [3.8, 4) is 0 Å². The van der Waals surface area contributed by atoms with E-state index in [2.05, 4.69) is 134 Å². The van der Waals surface area contributed by atoms with Crippen LogP contribution in [0.2, 0.25) is 0 Å². The van der Waals surface area contributed by atoms with E-state index in [1.54, 1.807) is 32.3 Å². The first-order valence-corrected chi connectivity index (χ1v) is 38.4. The molecule has 550 valence electrons. The van der Waals surface area contributed by atoms with Crippen molar-refractivity contribution < 1.29 is 76.4 Å². The molecule has 0 aromatic heterocycles. The van der Waals surface area contributed by atoms with Crippen LogP contribution in [-0.2, 0) is 76.4 Å². The standard InChI is InChI=1S/C11H8O2.C11H10O.C11H10.C10H8O.C10H12.3C9H9NO3.C9H8O3/c12-8-3-4-9(13)11-7-2-1-6(5-7)10(8)11;1-7-2-3-8-9(6-7)11-5-4-10(8)12-11;1-2-4-11-9-6-5-8(7-9)10(11)3-1;1-2-4-8-7(3-1)9-5-6-10(8)11-9;1-2-9-7-4-5-8(6-7)10(9)3-1;3*1-10-8(11)6-4-2-3-5(13-4)7(6)9(10)12;10-4-3-5(11)9-7-2-1-6(12-7)8(4)9/h1-4,6-7H,5H2;2-6,10-11H,1H3;1-6,8-9H,7H2;1-6,9-10H;1-2,4-5,7-10H,3,6H2;3*2-7H,1H3;1-2,6-9H,3H2. The summed E-state index contributed by atoms with van der Waals surface area (Å²) in [6.45, 7) is 2.12. The van der Waals surface area contributed by atoms with Gasteiger partial charge < -0.3 is 28.4 Å². The van der Waals surface area contributed by atoms with Gasteiger partial charge in [0.05, 0.1) is 103 Å². The molecule has 18 bridgehead atoms. The lowest BCUT2D eigenvalue weighted by atomic mass is 9.85. The third-order valence-electron chi connectivity index (χ3n) is 26.7. The molecule has 9 fully saturated rings. The molecule has 0 spiro atoms. The minimum atomic E-state index is -0.243. The predicted octanol–water partition coefficient (Wildman–Crippen LogP) is 10.2. The maximum Gasteiger partial charge on any atom is 0.235 e. The zero-order valence-corrected chi connectivity index (χ0v) is 60.1. The number of rotatable bonds is 0. The van der Waals surface area contributed by atoms with Crippen molar-refractivity contribution in [2.75, 3.05) is 21.1 Å². The second kappa shape index (κ2) is 26.6. The van der Waals surface area contributed by atoms with Gasteiger partial charge in [-0.2, -0.15) is 0 Å². The Morgan fingerprint density at radius 3 is 1.06 bits per heavy atom. The summed E-state index contributed by atoms with van der Waals surface area (Å²) >= 11 is 0. The van der Waals surface area contributed by atoms with Crippen LogP contribution in [0.3, 0.4) is 0 Å².